The molecule has 1 aromatic heterocycles. The molecule has 2 aromatic rings. The lowest BCUT2D eigenvalue weighted by Gasteiger charge is -2.20. The second-order valence-corrected chi connectivity index (χ2v) is 5.75. The van der Waals surface area contributed by atoms with Crippen LogP contribution in [-0.2, 0) is 29.5 Å². The molecule has 1 N–H and O–H groups in total. The van der Waals surface area contributed by atoms with Gasteiger partial charge in [0.25, 0.3) is 0 Å². The molecule has 0 bridgehead atoms. The highest BCUT2D eigenvalue weighted by Gasteiger charge is 2.50. The molecule has 1 atom stereocenters. The van der Waals surface area contributed by atoms with Crippen molar-refractivity contribution >= 4 is 11.7 Å². The van der Waals surface area contributed by atoms with E-state index in [-0.39, 0.29) is 5.91 Å². The molecule has 0 radical (unpaired) electrons. The van der Waals surface area contributed by atoms with Gasteiger partial charge in [-0.3, -0.25) is 4.79 Å². The molecule has 1 aliphatic carbocycles. The molecule has 0 fully saturated rings. The van der Waals surface area contributed by atoms with Gasteiger partial charge >= 0.3 is 0 Å². The number of nitrogens with zero attached hydrogens (tertiary/aromatic N) is 1. The van der Waals surface area contributed by atoms with Gasteiger partial charge in [-0.1, -0.05) is 31.2 Å². The van der Waals surface area contributed by atoms with Crippen molar-refractivity contribution in [3.8, 4) is 0 Å². The summed E-state index contributed by atoms with van der Waals surface area (Å²) < 4.78 is 0. The number of anilines is 1. The maximum atomic E-state index is 12.5. The van der Waals surface area contributed by atoms with Crippen LogP contribution in [0.25, 0.3) is 0 Å². The van der Waals surface area contributed by atoms with Gasteiger partial charge in [0.05, 0.1) is 5.41 Å². The van der Waals surface area contributed by atoms with E-state index in [0.29, 0.717) is 0 Å². The largest absolute Gasteiger partial charge is 0.310 e. The van der Waals surface area contributed by atoms with E-state index in [9.17, 15) is 4.79 Å². The maximum Gasteiger partial charge on any atom is 0.237 e. The topological polar surface area (TPSA) is 42.0 Å². The smallest absolute Gasteiger partial charge is 0.237 e. The second-order valence-electron chi connectivity index (χ2n) is 5.75. The summed E-state index contributed by atoms with van der Waals surface area (Å²) >= 11 is 0. The Balaban J connectivity index is 1.83. The molecule has 1 amide bonds. The van der Waals surface area contributed by atoms with Crippen molar-refractivity contribution in [2.75, 3.05) is 5.32 Å². The summed E-state index contributed by atoms with van der Waals surface area (Å²) in [6.45, 7) is 2.16. The van der Waals surface area contributed by atoms with Crippen LogP contribution in [0.15, 0.2) is 36.5 Å². The van der Waals surface area contributed by atoms with Crippen LogP contribution in [0.4, 0.5) is 5.82 Å². The number of fused-ring (bicyclic) bond motifs is 3. The summed E-state index contributed by atoms with van der Waals surface area (Å²) in [5.74, 6) is 0.835. The second kappa shape index (κ2) is 3.92. The van der Waals surface area contributed by atoms with Crippen LogP contribution < -0.4 is 5.32 Å². The predicted octanol–water partition coefficient (Wildman–Crippen LogP) is 2.63. The molecular weight excluding hydrogens is 248 g/mol. The number of pyridine rings is 1. The molecule has 0 saturated carbocycles. The Morgan fingerprint density at radius 2 is 2.10 bits per heavy atom. The van der Waals surface area contributed by atoms with Crippen LogP contribution in [0.1, 0.15) is 29.2 Å². The number of carbonyl (C=O) groups is 1. The van der Waals surface area contributed by atoms with E-state index in [1.54, 1.807) is 6.20 Å². The molecule has 1 aliphatic heterocycles. The molecular formula is C17H16N2O. The number of nitrogens with one attached hydrogen (secondary N) is 1. The first kappa shape index (κ1) is 11.6. The Labute approximate surface area is 118 Å². The quantitative estimate of drug-likeness (QED) is 0.860. The number of aromatic nitrogens is 1. The third-order valence-corrected chi connectivity index (χ3v) is 4.65. The van der Waals surface area contributed by atoms with Gasteiger partial charge in [-0.05, 0) is 42.0 Å². The normalized spacial score (nSPS) is 22.8. The average molecular weight is 264 g/mol. The van der Waals surface area contributed by atoms with Crippen LogP contribution in [0, 0.1) is 0 Å². The molecule has 4 rings (SSSR count). The van der Waals surface area contributed by atoms with Crippen LogP contribution in [0.3, 0.4) is 0 Å². The lowest BCUT2D eigenvalue weighted by Crippen LogP contribution is -2.35. The highest BCUT2D eigenvalue weighted by atomic mass is 16.2. The standard InChI is InChI=1S/C17H16N2O/c1-2-11-5-6-12-9-17(10-13(12)8-11)14-4-3-7-18-15(14)19-16(17)20/h3-8H,2,9-10H2,1H3,(H,18,19,20)/t17-/m1/s1. The fourth-order valence-electron chi connectivity index (χ4n) is 3.54. The molecule has 100 valence electrons. The van der Waals surface area contributed by atoms with Gasteiger partial charge < -0.3 is 5.32 Å². The lowest BCUT2D eigenvalue weighted by atomic mass is 9.79. The fraction of sp³-hybridized carbons (Fsp3) is 0.294. The zero-order valence-electron chi connectivity index (χ0n) is 11.4. The van der Waals surface area contributed by atoms with Gasteiger partial charge in [-0.25, -0.2) is 4.98 Å². The zero-order chi connectivity index (χ0) is 13.7. The number of carbonyl (C=O) groups excluding carboxylic acids is 1. The minimum atomic E-state index is -0.432. The minimum absolute atomic E-state index is 0.0976. The average Bonchev–Trinajstić information content (AvgIpc) is 2.98. The minimum Gasteiger partial charge on any atom is -0.310 e. The monoisotopic (exact) mass is 264 g/mol. The summed E-state index contributed by atoms with van der Waals surface area (Å²) in [7, 11) is 0. The molecule has 1 spiro atoms. The SMILES string of the molecule is CCc1ccc2c(c1)C[C@@]1(C2)C(=O)Nc2ncccc21. The first-order valence-corrected chi connectivity index (χ1v) is 7.10. The highest BCUT2D eigenvalue weighted by Crippen LogP contribution is 2.46. The van der Waals surface area contributed by atoms with Gasteiger partial charge in [0.1, 0.15) is 5.82 Å². The predicted molar refractivity (Wildman–Crippen MR) is 77.8 cm³/mol. The first-order valence-electron chi connectivity index (χ1n) is 7.10. The number of amides is 1. The summed E-state index contributed by atoms with van der Waals surface area (Å²) in [5, 5.41) is 2.94. The zero-order valence-corrected chi connectivity index (χ0v) is 11.4. The lowest BCUT2D eigenvalue weighted by molar-refractivity contribution is -0.120. The van der Waals surface area contributed by atoms with Crippen molar-refractivity contribution in [3.63, 3.8) is 0 Å². The maximum absolute atomic E-state index is 12.5. The number of benzene rings is 1. The number of rotatable bonds is 1. The van der Waals surface area contributed by atoms with Gasteiger partial charge in [0.15, 0.2) is 0 Å². The number of hydrogen-bond donors (Lipinski definition) is 1. The van der Waals surface area contributed by atoms with Crippen molar-refractivity contribution in [2.24, 2.45) is 0 Å². The van der Waals surface area contributed by atoms with Crippen molar-refractivity contribution in [1.82, 2.24) is 4.98 Å². The summed E-state index contributed by atoms with van der Waals surface area (Å²) in [5.41, 5.74) is 4.58. The van der Waals surface area contributed by atoms with E-state index in [2.05, 4.69) is 35.4 Å². The van der Waals surface area contributed by atoms with Crippen LogP contribution in [0.2, 0.25) is 0 Å². The highest BCUT2D eigenvalue weighted by molar-refractivity contribution is 6.06. The molecule has 2 aliphatic rings. The van der Waals surface area contributed by atoms with Gasteiger partial charge in [0.2, 0.25) is 5.91 Å². The summed E-state index contributed by atoms with van der Waals surface area (Å²) in [6, 6.07) is 10.6. The Morgan fingerprint density at radius 1 is 1.25 bits per heavy atom. The first-order chi connectivity index (χ1) is 9.73. The molecule has 1 aromatic carbocycles. The summed E-state index contributed by atoms with van der Waals surface area (Å²) in [4.78, 5) is 16.8. The van der Waals surface area contributed by atoms with Crippen molar-refractivity contribution < 1.29 is 4.79 Å². The van der Waals surface area contributed by atoms with Crippen molar-refractivity contribution in [2.45, 2.75) is 31.6 Å². The molecule has 0 unspecified atom stereocenters. The molecule has 3 nitrogen and oxygen atoms in total. The molecule has 20 heavy (non-hydrogen) atoms. The Hall–Kier alpha value is -2.16. The van der Waals surface area contributed by atoms with Gasteiger partial charge in [0, 0.05) is 11.8 Å². The number of hydrogen-bond acceptors (Lipinski definition) is 2. The van der Waals surface area contributed by atoms with E-state index in [1.807, 2.05) is 12.1 Å². The van der Waals surface area contributed by atoms with Crippen LogP contribution in [-0.4, -0.2) is 10.9 Å². The Kier molecular flexibility index (Phi) is 2.28. The van der Waals surface area contributed by atoms with Crippen LogP contribution in [0.5, 0.6) is 0 Å². The van der Waals surface area contributed by atoms with Gasteiger partial charge in [-0.15, -0.1) is 0 Å². The van der Waals surface area contributed by atoms with Crippen molar-refractivity contribution in [3.05, 3.63) is 58.8 Å². The van der Waals surface area contributed by atoms with E-state index < -0.39 is 5.41 Å². The van der Waals surface area contributed by atoms with E-state index >= 15 is 0 Å². The Bertz CT molecular complexity index is 723. The van der Waals surface area contributed by atoms with E-state index in [1.165, 1.54) is 16.7 Å². The number of aryl methyl sites for hydroxylation is 1. The molecule has 3 heteroatoms. The van der Waals surface area contributed by atoms with Crippen LogP contribution >= 0.6 is 0 Å². The Morgan fingerprint density at radius 3 is 2.95 bits per heavy atom. The third kappa shape index (κ3) is 1.40. The molecule has 2 heterocycles. The van der Waals surface area contributed by atoms with Crippen molar-refractivity contribution in [1.29, 1.82) is 0 Å². The van der Waals surface area contributed by atoms with Gasteiger partial charge in [-0.2, -0.15) is 0 Å². The van der Waals surface area contributed by atoms with E-state index in [4.69, 9.17) is 0 Å². The molecule has 0 saturated heterocycles. The van der Waals surface area contributed by atoms with E-state index in [0.717, 1.165) is 30.6 Å². The third-order valence-electron chi connectivity index (χ3n) is 4.65. The summed E-state index contributed by atoms with van der Waals surface area (Å²) in [6.07, 6.45) is 4.34. The fourth-order valence-corrected chi connectivity index (χ4v) is 3.54.